The van der Waals surface area contributed by atoms with Crippen LogP contribution in [0.4, 0.5) is 22.7 Å². The lowest BCUT2D eigenvalue weighted by molar-refractivity contribution is 1.20. The molecule has 0 bridgehead atoms. The van der Waals surface area contributed by atoms with Crippen LogP contribution in [0.3, 0.4) is 0 Å². The first-order valence-electron chi connectivity index (χ1n) is 26.6. The molecular weight excluding hydrogens is 918 g/mol. The van der Waals surface area contributed by atoms with Gasteiger partial charge in [-0.2, -0.15) is 0 Å². The largest absolute Gasteiger partial charge is 0.399 e. The summed E-state index contributed by atoms with van der Waals surface area (Å²) < 4.78 is 2.72. The fraction of sp³-hybridized carbons (Fsp3) is 0.0278. The molecule has 13 aromatic carbocycles. The van der Waals surface area contributed by atoms with Crippen LogP contribution in [0.25, 0.3) is 98.3 Å². The molecule has 0 saturated heterocycles. The molecule has 0 atom stereocenters. The highest BCUT2D eigenvalue weighted by Gasteiger charge is 2.44. The van der Waals surface area contributed by atoms with Crippen LogP contribution < -0.4 is 21.6 Å². The van der Waals surface area contributed by atoms with Gasteiger partial charge in [0.1, 0.15) is 0 Å². The molecule has 2 N–H and O–H groups in total. The predicted molar refractivity (Wildman–Crippen MR) is 324 cm³/mol. The molecule has 0 spiro atoms. The summed E-state index contributed by atoms with van der Waals surface area (Å²) in [5, 5.41) is 12.7. The highest BCUT2D eigenvalue weighted by molar-refractivity contribution is 6.90. The first-order chi connectivity index (χ1) is 37.6. The number of rotatable bonds is 7. The number of fused-ring (bicyclic) bond motifs is 13. The summed E-state index contributed by atoms with van der Waals surface area (Å²) in [5.74, 6) is 0. The fourth-order valence-electron chi connectivity index (χ4n) is 13.5. The minimum absolute atomic E-state index is 0.199. The summed E-state index contributed by atoms with van der Waals surface area (Å²) in [4.78, 5) is 2.57. The first-order valence-corrected chi connectivity index (χ1v) is 26.6. The second kappa shape index (κ2) is 16.7. The zero-order valence-corrected chi connectivity index (χ0v) is 41.7. The van der Waals surface area contributed by atoms with Gasteiger partial charge in [-0.25, -0.2) is 0 Å². The maximum Gasteiger partial charge on any atom is 0.333 e. The van der Waals surface area contributed by atoms with Crippen molar-refractivity contribution in [2.45, 2.75) is 12.8 Å². The average molecular weight is 966 g/mol. The zero-order chi connectivity index (χ0) is 50.0. The van der Waals surface area contributed by atoms with Crippen LogP contribution in [0.2, 0.25) is 0 Å². The number of nitrogens with two attached hydrogens (primary N) is 1. The topological polar surface area (TPSA) is 34.2 Å². The molecule has 4 heteroatoms. The van der Waals surface area contributed by atoms with E-state index in [2.05, 4.69) is 264 Å². The molecule has 16 rings (SSSR count). The first kappa shape index (κ1) is 42.8. The maximum atomic E-state index is 7.36. The van der Waals surface area contributed by atoms with Crippen LogP contribution in [0.15, 0.2) is 255 Å². The third-order valence-electron chi connectivity index (χ3n) is 16.7. The monoisotopic (exact) mass is 965 g/mol. The third-order valence-corrected chi connectivity index (χ3v) is 16.7. The van der Waals surface area contributed by atoms with Crippen molar-refractivity contribution < 1.29 is 0 Å². The molecule has 354 valence electrons. The molecular formula is C72H48BN3. The van der Waals surface area contributed by atoms with Crippen molar-refractivity contribution in [3.8, 4) is 33.4 Å². The minimum atomic E-state index is -0.199. The Hall–Kier alpha value is -9.64. The molecule has 1 aromatic heterocycles. The van der Waals surface area contributed by atoms with E-state index in [0.29, 0.717) is 0 Å². The number of nitrogen functional groups attached to an aromatic ring is 1. The fourth-order valence-corrected chi connectivity index (χ4v) is 13.5. The van der Waals surface area contributed by atoms with Gasteiger partial charge in [0.2, 0.25) is 0 Å². The zero-order valence-electron chi connectivity index (χ0n) is 41.7. The van der Waals surface area contributed by atoms with Crippen molar-refractivity contribution in [1.29, 1.82) is 0 Å². The molecule has 2 aliphatic rings. The molecule has 3 nitrogen and oxygen atoms in total. The summed E-state index contributed by atoms with van der Waals surface area (Å²) in [6.07, 6.45) is 1.59. The van der Waals surface area contributed by atoms with Gasteiger partial charge >= 0.3 is 6.85 Å². The Kier molecular flexibility index (Phi) is 9.41. The Morgan fingerprint density at radius 2 is 0.895 bits per heavy atom. The normalized spacial score (nSPS) is 12.6. The Morgan fingerprint density at radius 3 is 1.51 bits per heavy atom. The molecule has 0 aliphatic carbocycles. The summed E-state index contributed by atoms with van der Waals surface area (Å²) in [6, 6.07) is 94.9. The second-order valence-electron chi connectivity index (χ2n) is 20.9. The Morgan fingerprint density at radius 1 is 0.368 bits per heavy atom. The lowest BCUT2D eigenvalue weighted by Crippen LogP contribution is -2.56. The Labute approximate surface area is 441 Å². The Bertz CT molecular complexity index is 4640. The molecule has 0 unspecified atom stereocenters. The number of nitrogens with zero attached hydrogens (tertiary/aromatic N) is 2. The van der Waals surface area contributed by atoms with Gasteiger partial charge in [-0.05, 0) is 165 Å². The van der Waals surface area contributed by atoms with Crippen LogP contribution in [0.5, 0.6) is 0 Å². The lowest BCUT2D eigenvalue weighted by atomic mass is 9.45. The summed E-state index contributed by atoms with van der Waals surface area (Å²) in [6.45, 7) is -0.199. The molecule has 0 amide bonds. The molecule has 2 aliphatic heterocycles. The van der Waals surface area contributed by atoms with Crippen molar-refractivity contribution in [2.24, 2.45) is 0 Å². The number of aromatic nitrogens is 1. The van der Waals surface area contributed by atoms with Crippen LogP contribution >= 0.6 is 0 Å². The highest BCUT2D eigenvalue weighted by atomic mass is 15.2. The number of anilines is 4. The van der Waals surface area contributed by atoms with E-state index in [4.69, 9.17) is 5.73 Å². The molecule has 14 aromatic rings. The van der Waals surface area contributed by atoms with Gasteiger partial charge in [0, 0.05) is 50.1 Å². The van der Waals surface area contributed by atoms with Crippen molar-refractivity contribution in [1.82, 2.24) is 4.48 Å². The maximum absolute atomic E-state index is 7.36. The van der Waals surface area contributed by atoms with Crippen molar-refractivity contribution in [3.63, 3.8) is 0 Å². The van der Waals surface area contributed by atoms with Crippen LogP contribution in [0.1, 0.15) is 22.3 Å². The molecule has 76 heavy (non-hydrogen) atoms. The number of benzene rings is 13. The van der Waals surface area contributed by atoms with E-state index in [-0.39, 0.29) is 6.85 Å². The van der Waals surface area contributed by atoms with Crippen molar-refractivity contribution >= 4 is 105 Å². The number of hydrogen-bond acceptors (Lipinski definition) is 2. The van der Waals surface area contributed by atoms with E-state index < -0.39 is 0 Å². The van der Waals surface area contributed by atoms with Gasteiger partial charge in [-0.15, -0.1) is 0 Å². The second-order valence-corrected chi connectivity index (χ2v) is 20.9. The standard InChI is InChI=1S/C72H48BN3/c74-53-41-63-64-40-50-28-14-16-30-56(50)70-69-55-29-15-13-27-49(55)33-34-66(69)76(72(64)70)73-65-43-61-59(35-45-19-5-1-6-20-45)57-31-17-18-32-58(57)60(36-46-21-7-2-8-22-46)62(61)44-67(65)75(68(42-53)71(63)73)54-38-51(47-23-9-3-10-24-47)37-52(39-54)48-25-11-4-12-26-48/h1-34,37-44H,35-36,74H2. The molecule has 0 fully saturated rings. The minimum Gasteiger partial charge on any atom is -0.399 e. The SMILES string of the molecule is Nc1cc2c3c(c1)N(c1cc(-c4ccccc4)cc(-c4ccccc4)c1)c1cc4c(Cc5ccccc5)c5ccccc5c(Cc5ccccc5)c4cc1B3n1c3ccc4ccccc4c3c3c4ccccc4cc-2c31. The van der Waals surface area contributed by atoms with Crippen molar-refractivity contribution in [2.75, 3.05) is 10.6 Å². The van der Waals surface area contributed by atoms with E-state index in [0.717, 1.165) is 46.7 Å². The summed E-state index contributed by atoms with van der Waals surface area (Å²) >= 11 is 0. The van der Waals surface area contributed by atoms with E-state index >= 15 is 0 Å². The van der Waals surface area contributed by atoms with Gasteiger partial charge < -0.3 is 15.1 Å². The molecule has 3 heterocycles. The smallest absolute Gasteiger partial charge is 0.333 e. The van der Waals surface area contributed by atoms with Gasteiger partial charge in [-0.3, -0.25) is 0 Å². The van der Waals surface area contributed by atoms with Crippen LogP contribution in [-0.2, 0) is 12.8 Å². The summed E-state index contributed by atoms with van der Waals surface area (Å²) in [5.41, 5.74) is 28.7. The lowest BCUT2D eigenvalue weighted by Gasteiger charge is -2.41. The quantitative estimate of drug-likeness (QED) is 0.0981. The van der Waals surface area contributed by atoms with Gasteiger partial charge in [-0.1, -0.05) is 206 Å². The van der Waals surface area contributed by atoms with Gasteiger partial charge in [0.05, 0.1) is 0 Å². The molecule has 0 radical (unpaired) electrons. The third kappa shape index (κ3) is 6.44. The Balaban J connectivity index is 1.10. The molecule has 0 saturated carbocycles. The van der Waals surface area contributed by atoms with E-state index in [9.17, 15) is 0 Å². The van der Waals surface area contributed by atoms with Gasteiger partial charge in [0.15, 0.2) is 0 Å². The predicted octanol–water partition coefficient (Wildman–Crippen LogP) is 16.9. The van der Waals surface area contributed by atoms with E-state index in [1.807, 2.05) is 0 Å². The van der Waals surface area contributed by atoms with Crippen molar-refractivity contribution in [3.05, 3.63) is 277 Å². The van der Waals surface area contributed by atoms with E-state index in [1.54, 1.807) is 0 Å². The van der Waals surface area contributed by atoms with Gasteiger partial charge in [0.25, 0.3) is 0 Å². The highest BCUT2D eigenvalue weighted by Crippen LogP contribution is 2.51. The van der Waals surface area contributed by atoms with Crippen LogP contribution in [-0.4, -0.2) is 11.3 Å². The number of hydrogen-bond donors (Lipinski definition) is 1. The summed E-state index contributed by atoms with van der Waals surface area (Å²) in [7, 11) is 0. The van der Waals surface area contributed by atoms with E-state index in [1.165, 1.54) is 120 Å². The van der Waals surface area contributed by atoms with Crippen LogP contribution in [0, 0.1) is 0 Å². The average Bonchev–Trinajstić information content (AvgIpc) is 4.06.